The quantitative estimate of drug-likeness (QED) is 0.403. The predicted octanol–water partition coefficient (Wildman–Crippen LogP) is 2.59. The number of ether oxygens (including phenoxy) is 2. The number of carbonyl (C=O) groups excluding carboxylic acids is 3. The van der Waals surface area contributed by atoms with Crippen LogP contribution in [-0.4, -0.2) is 71.9 Å². The van der Waals surface area contributed by atoms with E-state index in [9.17, 15) is 23.9 Å². The second-order valence-corrected chi connectivity index (χ2v) is 9.33. The number of carbonyl (C=O) groups is 3. The molecule has 10 heteroatoms. The number of halogens is 1. The Morgan fingerprint density at radius 1 is 1.22 bits per heavy atom. The van der Waals surface area contributed by atoms with Crippen molar-refractivity contribution in [2.75, 3.05) is 32.6 Å². The molecule has 1 atom stereocenters. The first-order chi connectivity index (χ1) is 17.5. The van der Waals surface area contributed by atoms with Crippen molar-refractivity contribution in [2.45, 2.75) is 25.6 Å². The number of nitrogens with one attached hydrogen (secondary N) is 1. The highest BCUT2D eigenvalue weighted by Gasteiger charge is 2.38. The van der Waals surface area contributed by atoms with E-state index < -0.39 is 36.0 Å². The van der Waals surface area contributed by atoms with E-state index in [2.05, 4.69) is 10.1 Å². The van der Waals surface area contributed by atoms with Crippen LogP contribution < -0.4 is 5.32 Å². The molecule has 2 aromatic carbocycles. The third-order valence-corrected chi connectivity index (χ3v) is 6.28. The molecule has 0 fully saturated rings. The summed E-state index contributed by atoms with van der Waals surface area (Å²) in [4.78, 5) is 38.6. The van der Waals surface area contributed by atoms with E-state index in [0.717, 1.165) is 24.3 Å². The summed E-state index contributed by atoms with van der Waals surface area (Å²) in [6.07, 6.45) is 0.677. The summed E-state index contributed by atoms with van der Waals surface area (Å²) in [6.45, 7) is 3.19. The number of hydrogen-bond acceptors (Lipinski definition) is 7. The van der Waals surface area contributed by atoms with Gasteiger partial charge in [0, 0.05) is 30.3 Å². The molecule has 3 N–H and O–H groups in total. The topological polar surface area (TPSA) is 125 Å². The van der Waals surface area contributed by atoms with Gasteiger partial charge in [-0.3, -0.25) is 9.59 Å². The smallest absolute Gasteiger partial charge is 0.340 e. The van der Waals surface area contributed by atoms with Crippen LogP contribution in [0.1, 0.15) is 45.7 Å². The molecule has 0 spiro atoms. The van der Waals surface area contributed by atoms with Crippen molar-refractivity contribution < 1.29 is 38.5 Å². The summed E-state index contributed by atoms with van der Waals surface area (Å²) in [5.41, 5.74) is 1.44. The molecular weight excluding hydrogens is 483 g/mol. The van der Waals surface area contributed by atoms with Gasteiger partial charge in [0.05, 0.1) is 36.6 Å². The van der Waals surface area contributed by atoms with E-state index >= 15 is 0 Å². The van der Waals surface area contributed by atoms with Gasteiger partial charge >= 0.3 is 5.97 Å². The highest BCUT2D eigenvalue weighted by molar-refractivity contribution is 6.32. The second-order valence-electron chi connectivity index (χ2n) is 9.33. The SMILES string of the molecule is COC(=O)c1cc2c(cc1F)/C(=C1/C=C(c3ccc(C(=O)N(C)CC(O)CO)cc3)C(C)(C)O1)C(=O)N2. The number of rotatable bonds is 6. The molecule has 0 aliphatic carbocycles. The Morgan fingerprint density at radius 3 is 2.51 bits per heavy atom. The predicted molar refractivity (Wildman–Crippen MR) is 133 cm³/mol. The van der Waals surface area contributed by atoms with Crippen molar-refractivity contribution in [3.05, 3.63) is 76.3 Å². The third kappa shape index (κ3) is 4.85. The Morgan fingerprint density at radius 2 is 1.89 bits per heavy atom. The zero-order valence-corrected chi connectivity index (χ0v) is 20.8. The van der Waals surface area contributed by atoms with E-state index in [-0.39, 0.29) is 40.6 Å². The summed E-state index contributed by atoms with van der Waals surface area (Å²) in [7, 11) is 2.68. The van der Waals surface area contributed by atoms with Gasteiger partial charge in [0.1, 0.15) is 17.2 Å². The highest BCUT2D eigenvalue weighted by atomic mass is 19.1. The summed E-state index contributed by atoms with van der Waals surface area (Å²) in [6, 6.07) is 9.12. The van der Waals surface area contributed by atoms with Crippen LogP contribution >= 0.6 is 0 Å². The van der Waals surface area contributed by atoms with Crippen LogP contribution in [0.2, 0.25) is 0 Å². The Hall–Kier alpha value is -4.02. The Kier molecular flexibility index (Phi) is 6.90. The monoisotopic (exact) mass is 510 g/mol. The Balaban J connectivity index is 1.68. The standard InChI is InChI=1S/C27H27FN2O7/c1-27(2)19(14-5-7-15(8-6-14)25(34)30(3)12-16(32)13-31)11-22(37-27)23-18-9-20(28)17(26(35)36-4)10-21(18)29-24(23)33/h5-11,16,31-32H,12-13H2,1-4H3,(H,29,33)/b23-22+. The van der Waals surface area contributed by atoms with Crippen LogP contribution in [0.4, 0.5) is 10.1 Å². The number of esters is 1. The van der Waals surface area contributed by atoms with Gasteiger partial charge in [-0.2, -0.15) is 0 Å². The zero-order chi connectivity index (χ0) is 27.1. The maximum absolute atomic E-state index is 14.6. The van der Waals surface area contributed by atoms with E-state index in [1.54, 1.807) is 30.3 Å². The van der Waals surface area contributed by atoms with E-state index in [0.29, 0.717) is 5.56 Å². The number of likely N-dealkylation sites (N-methyl/N-ethyl adjacent to an activating group) is 1. The number of amides is 2. The maximum atomic E-state index is 14.6. The number of aliphatic hydroxyl groups is 2. The van der Waals surface area contributed by atoms with Crippen LogP contribution in [0, 0.1) is 5.82 Å². The van der Waals surface area contributed by atoms with Gasteiger partial charge in [-0.05, 0) is 49.8 Å². The summed E-state index contributed by atoms with van der Waals surface area (Å²) < 4.78 is 25.4. The fourth-order valence-electron chi connectivity index (χ4n) is 4.39. The molecule has 4 rings (SSSR count). The van der Waals surface area contributed by atoms with Gasteiger partial charge in [-0.15, -0.1) is 0 Å². The fourth-order valence-corrected chi connectivity index (χ4v) is 4.39. The number of benzene rings is 2. The lowest BCUT2D eigenvalue weighted by Gasteiger charge is -2.24. The van der Waals surface area contributed by atoms with Crippen molar-refractivity contribution in [3.63, 3.8) is 0 Å². The summed E-state index contributed by atoms with van der Waals surface area (Å²) in [5.74, 6) is -2.23. The molecule has 194 valence electrons. The van der Waals surface area contributed by atoms with Crippen molar-refractivity contribution in [3.8, 4) is 0 Å². The minimum Gasteiger partial charge on any atom is -0.482 e. The van der Waals surface area contributed by atoms with Crippen LogP contribution in [0.15, 0.2) is 48.2 Å². The molecule has 0 saturated carbocycles. The summed E-state index contributed by atoms with van der Waals surface area (Å²) in [5, 5.41) is 21.2. The molecular formula is C27H27FN2O7. The minimum absolute atomic E-state index is 0.00864. The molecule has 0 aromatic heterocycles. The number of anilines is 1. The number of nitrogens with zero attached hydrogens (tertiary/aromatic N) is 1. The molecule has 0 saturated heterocycles. The molecule has 2 amide bonds. The number of allylic oxidation sites excluding steroid dienone is 1. The molecule has 0 bridgehead atoms. The Bertz CT molecular complexity index is 1350. The lowest BCUT2D eigenvalue weighted by molar-refractivity contribution is -0.111. The molecule has 37 heavy (non-hydrogen) atoms. The average molecular weight is 511 g/mol. The first-order valence-corrected chi connectivity index (χ1v) is 11.5. The zero-order valence-electron chi connectivity index (χ0n) is 20.8. The molecule has 2 heterocycles. The molecule has 2 aliphatic heterocycles. The second kappa shape index (κ2) is 9.79. The number of hydrogen-bond donors (Lipinski definition) is 3. The largest absolute Gasteiger partial charge is 0.482 e. The number of fused-ring (bicyclic) bond motifs is 1. The summed E-state index contributed by atoms with van der Waals surface area (Å²) >= 11 is 0. The van der Waals surface area contributed by atoms with Gasteiger partial charge in [0.25, 0.3) is 11.8 Å². The van der Waals surface area contributed by atoms with Gasteiger partial charge in [-0.25, -0.2) is 9.18 Å². The normalized spacial score (nSPS) is 18.5. The fraction of sp³-hybridized carbons (Fsp3) is 0.296. The van der Waals surface area contributed by atoms with Crippen molar-refractivity contribution >= 4 is 34.6 Å². The van der Waals surface area contributed by atoms with E-state index in [1.807, 2.05) is 13.8 Å². The molecule has 0 radical (unpaired) electrons. The molecule has 2 aromatic rings. The van der Waals surface area contributed by atoms with Gasteiger partial charge in [0.2, 0.25) is 0 Å². The van der Waals surface area contributed by atoms with Gasteiger partial charge in [-0.1, -0.05) is 12.1 Å². The average Bonchev–Trinajstić information content (AvgIpc) is 3.36. The molecule has 2 aliphatic rings. The Labute approximate surface area is 212 Å². The van der Waals surface area contributed by atoms with Crippen LogP contribution in [0.25, 0.3) is 11.1 Å². The van der Waals surface area contributed by atoms with Gasteiger partial charge in [0.15, 0.2) is 0 Å². The van der Waals surface area contributed by atoms with E-state index in [4.69, 9.17) is 9.84 Å². The molecule has 1 unspecified atom stereocenters. The number of aliphatic hydroxyl groups excluding tert-OH is 2. The van der Waals surface area contributed by atoms with Crippen LogP contribution in [0.5, 0.6) is 0 Å². The van der Waals surface area contributed by atoms with E-state index in [1.165, 1.54) is 18.0 Å². The maximum Gasteiger partial charge on any atom is 0.340 e. The van der Waals surface area contributed by atoms with Crippen molar-refractivity contribution in [1.29, 1.82) is 0 Å². The molecule has 9 nitrogen and oxygen atoms in total. The third-order valence-electron chi connectivity index (χ3n) is 6.28. The van der Waals surface area contributed by atoms with Crippen molar-refractivity contribution in [1.82, 2.24) is 4.90 Å². The lowest BCUT2D eigenvalue weighted by atomic mass is 9.91. The first kappa shape index (κ1) is 26.1. The first-order valence-electron chi connectivity index (χ1n) is 11.5. The van der Waals surface area contributed by atoms with Crippen LogP contribution in [-0.2, 0) is 14.3 Å². The number of methoxy groups -OCH3 is 1. The minimum atomic E-state index is -1.03. The lowest BCUT2D eigenvalue weighted by Crippen LogP contribution is -2.35. The van der Waals surface area contributed by atoms with Crippen LogP contribution in [0.3, 0.4) is 0 Å². The van der Waals surface area contributed by atoms with Gasteiger partial charge < -0.3 is 29.9 Å². The van der Waals surface area contributed by atoms with Crippen molar-refractivity contribution in [2.24, 2.45) is 0 Å². The highest BCUT2D eigenvalue weighted by Crippen LogP contribution is 2.44.